The molecule has 1 aliphatic heterocycles. The van der Waals surface area contributed by atoms with Crippen LogP contribution in [0.25, 0.3) is 10.2 Å². The third kappa shape index (κ3) is 3.79. The van der Waals surface area contributed by atoms with Crippen LogP contribution in [0.2, 0.25) is 0 Å². The molecule has 3 aromatic rings. The van der Waals surface area contributed by atoms with Gasteiger partial charge in [0.2, 0.25) is 0 Å². The highest BCUT2D eigenvalue weighted by molar-refractivity contribution is 7.19. The quantitative estimate of drug-likeness (QED) is 0.648. The molecule has 1 N–H and O–H groups in total. The highest BCUT2D eigenvalue weighted by Gasteiger charge is 2.24. The van der Waals surface area contributed by atoms with Gasteiger partial charge in [-0.15, -0.1) is 11.3 Å². The average Bonchev–Trinajstić information content (AvgIpc) is 3.31. The van der Waals surface area contributed by atoms with Gasteiger partial charge in [0, 0.05) is 18.0 Å². The van der Waals surface area contributed by atoms with E-state index < -0.39 is 11.6 Å². The van der Waals surface area contributed by atoms with Gasteiger partial charge in [0.1, 0.15) is 16.5 Å². The van der Waals surface area contributed by atoms with E-state index in [4.69, 9.17) is 14.7 Å². The Morgan fingerprint density at radius 3 is 2.80 bits per heavy atom. The first-order valence-electron chi connectivity index (χ1n) is 10.4. The number of nitrogens with zero attached hydrogens (tertiary/aromatic N) is 3. The molecule has 8 heteroatoms. The number of hydrogen-bond donors (Lipinski definition) is 1. The fourth-order valence-corrected chi connectivity index (χ4v) is 5.52. The molecule has 1 fully saturated rings. The molecule has 0 bridgehead atoms. The zero-order valence-electron chi connectivity index (χ0n) is 16.9. The number of anilines is 1. The van der Waals surface area contributed by atoms with Gasteiger partial charge in [-0.2, -0.15) is 0 Å². The van der Waals surface area contributed by atoms with Gasteiger partial charge >= 0.3 is 0 Å². The number of hydrogen-bond acceptors (Lipinski definition) is 6. The first kappa shape index (κ1) is 19.8. The molecule has 1 unspecified atom stereocenters. The molecule has 0 radical (unpaired) electrons. The number of thiophene rings is 1. The van der Waals surface area contributed by atoms with Gasteiger partial charge in [-0.25, -0.2) is 18.7 Å². The highest BCUT2D eigenvalue weighted by atomic mass is 32.1. The van der Waals surface area contributed by atoms with E-state index in [-0.39, 0.29) is 6.04 Å². The number of aromatic nitrogens is 2. The predicted octanol–water partition coefficient (Wildman–Crippen LogP) is 4.46. The Bertz CT molecular complexity index is 1080. The maximum atomic E-state index is 13.7. The van der Waals surface area contributed by atoms with Crippen molar-refractivity contribution in [3.05, 3.63) is 51.7 Å². The lowest BCUT2D eigenvalue weighted by Crippen LogP contribution is -2.36. The number of halogens is 2. The van der Waals surface area contributed by atoms with Crippen LogP contribution in [0.5, 0.6) is 0 Å². The molecule has 3 heterocycles. The fourth-order valence-electron chi connectivity index (χ4n) is 4.24. The normalized spacial score (nSPS) is 18.0. The molecular formula is C22H24F2N4OS. The second-order valence-corrected chi connectivity index (χ2v) is 9.04. The Kier molecular flexibility index (Phi) is 5.39. The molecule has 158 valence electrons. The van der Waals surface area contributed by atoms with Crippen molar-refractivity contribution >= 4 is 27.4 Å². The van der Waals surface area contributed by atoms with Crippen LogP contribution >= 0.6 is 11.3 Å². The van der Waals surface area contributed by atoms with Gasteiger partial charge in [0.05, 0.1) is 31.2 Å². The average molecular weight is 431 g/mol. The summed E-state index contributed by atoms with van der Waals surface area (Å²) in [5, 5.41) is 4.55. The summed E-state index contributed by atoms with van der Waals surface area (Å²) in [5.74, 6) is -0.0959. The maximum Gasteiger partial charge on any atom is 0.159 e. The van der Waals surface area contributed by atoms with Crippen molar-refractivity contribution in [1.82, 2.24) is 14.9 Å². The maximum absolute atomic E-state index is 13.7. The van der Waals surface area contributed by atoms with Crippen LogP contribution in [0.3, 0.4) is 0 Å². The summed E-state index contributed by atoms with van der Waals surface area (Å²) in [4.78, 5) is 14.5. The molecule has 5 nitrogen and oxygen atoms in total. The Labute approximate surface area is 178 Å². The topological polar surface area (TPSA) is 50.3 Å². The SMILES string of the molecule is CC(Nc1nc(CN2CCOCC2)nc2sc3c(c12)CCC3)c1ccc(F)c(F)c1. The number of aryl methyl sites for hydroxylation is 2. The molecule has 1 aromatic carbocycles. The lowest BCUT2D eigenvalue weighted by molar-refractivity contribution is 0.0331. The summed E-state index contributed by atoms with van der Waals surface area (Å²) >= 11 is 1.76. The summed E-state index contributed by atoms with van der Waals surface area (Å²) < 4.78 is 32.5. The van der Waals surface area contributed by atoms with Gasteiger partial charge in [-0.1, -0.05) is 6.07 Å². The van der Waals surface area contributed by atoms with Gasteiger partial charge in [-0.3, -0.25) is 4.90 Å². The van der Waals surface area contributed by atoms with Crippen LogP contribution in [0.4, 0.5) is 14.6 Å². The van der Waals surface area contributed by atoms with E-state index in [1.54, 1.807) is 17.4 Å². The van der Waals surface area contributed by atoms with E-state index in [0.29, 0.717) is 12.1 Å². The molecule has 2 aromatic heterocycles. The summed E-state index contributed by atoms with van der Waals surface area (Å²) in [6.45, 7) is 5.82. The Balaban J connectivity index is 1.50. The molecule has 2 aliphatic rings. The molecule has 0 spiro atoms. The zero-order chi connectivity index (χ0) is 20.7. The Hall–Kier alpha value is -2.16. The van der Waals surface area contributed by atoms with E-state index >= 15 is 0 Å². The fraction of sp³-hybridized carbons (Fsp3) is 0.455. The Morgan fingerprint density at radius 2 is 2.00 bits per heavy atom. The van der Waals surface area contributed by atoms with Crippen molar-refractivity contribution in [2.45, 2.75) is 38.8 Å². The molecule has 0 saturated carbocycles. The minimum atomic E-state index is -0.835. The monoisotopic (exact) mass is 430 g/mol. The molecular weight excluding hydrogens is 406 g/mol. The standard InChI is InChI=1S/C22H24F2N4OS/c1-13(14-5-6-16(23)17(24)11-14)25-21-20-15-3-2-4-18(15)30-22(20)27-19(26-21)12-28-7-9-29-10-8-28/h5-6,11,13H,2-4,7-10,12H2,1H3,(H,25,26,27). The van der Waals surface area contributed by atoms with Crippen molar-refractivity contribution in [2.24, 2.45) is 0 Å². The molecule has 1 saturated heterocycles. The van der Waals surface area contributed by atoms with E-state index in [1.807, 2.05) is 6.92 Å². The molecule has 30 heavy (non-hydrogen) atoms. The number of rotatable bonds is 5. The third-order valence-electron chi connectivity index (χ3n) is 5.88. The van der Waals surface area contributed by atoms with Crippen LogP contribution in [-0.4, -0.2) is 41.2 Å². The predicted molar refractivity (Wildman–Crippen MR) is 114 cm³/mol. The number of benzene rings is 1. The van der Waals surface area contributed by atoms with E-state index in [9.17, 15) is 8.78 Å². The zero-order valence-corrected chi connectivity index (χ0v) is 17.7. The van der Waals surface area contributed by atoms with Crippen LogP contribution in [0, 0.1) is 11.6 Å². The molecule has 5 rings (SSSR count). The molecule has 1 atom stereocenters. The van der Waals surface area contributed by atoms with Crippen molar-refractivity contribution in [3.63, 3.8) is 0 Å². The van der Waals surface area contributed by atoms with E-state index in [1.165, 1.54) is 22.6 Å². The Morgan fingerprint density at radius 1 is 1.17 bits per heavy atom. The first-order chi connectivity index (χ1) is 14.6. The third-order valence-corrected chi connectivity index (χ3v) is 7.06. The van der Waals surface area contributed by atoms with E-state index in [0.717, 1.165) is 67.4 Å². The number of fused-ring (bicyclic) bond motifs is 3. The van der Waals surface area contributed by atoms with Crippen LogP contribution in [0.1, 0.15) is 41.2 Å². The molecule has 1 aliphatic carbocycles. The summed E-state index contributed by atoms with van der Waals surface area (Å²) in [5.41, 5.74) is 2.02. The van der Waals surface area contributed by atoms with Crippen molar-refractivity contribution in [1.29, 1.82) is 0 Å². The van der Waals surface area contributed by atoms with Crippen molar-refractivity contribution < 1.29 is 13.5 Å². The second kappa shape index (κ2) is 8.17. The van der Waals surface area contributed by atoms with Gasteiger partial charge in [-0.05, 0) is 49.4 Å². The first-order valence-corrected chi connectivity index (χ1v) is 11.2. The summed E-state index contributed by atoms with van der Waals surface area (Å²) in [7, 11) is 0. The van der Waals surface area contributed by atoms with Crippen LogP contribution < -0.4 is 5.32 Å². The van der Waals surface area contributed by atoms with Crippen LogP contribution in [-0.2, 0) is 24.1 Å². The number of nitrogens with one attached hydrogen (secondary N) is 1. The number of morpholine rings is 1. The van der Waals surface area contributed by atoms with Crippen molar-refractivity contribution in [3.8, 4) is 0 Å². The number of ether oxygens (including phenoxy) is 1. The second-order valence-electron chi connectivity index (χ2n) is 7.95. The largest absolute Gasteiger partial charge is 0.379 e. The van der Waals surface area contributed by atoms with Crippen molar-refractivity contribution in [2.75, 3.05) is 31.6 Å². The smallest absolute Gasteiger partial charge is 0.159 e. The lowest BCUT2D eigenvalue weighted by Gasteiger charge is -2.26. The van der Waals surface area contributed by atoms with E-state index in [2.05, 4.69) is 10.2 Å². The summed E-state index contributed by atoms with van der Waals surface area (Å²) in [6.07, 6.45) is 3.29. The van der Waals surface area contributed by atoms with Gasteiger partial charge in [0.15, 0.2) is 11.6 Å². The van der Waals surface area contributed by atoms with Gasteiger partial charge < -0.3 is 10.1 Å². The minimum Gasteiger partial charge on any atom is -0.379 e. The molecule has 0 amide bonds. The van der Waals surface area contributed by atoms with Gasteiger partial charge in [0.25, 0.3) is 0 Å². The minimum absolute atomic E-state index is 0.216. The highest BCUT2D eigenvalue weighted by Crippen LogP contribution is 2.40. The summed E-state index contributed by atoms with van der Waals surface area (Å²) in [6, 6.07) is 3.82. The lowest BCUT2D eigenvalue weighted by atomic mass is 10.1. The van der Waals surface area contributed by atoms with Crippen LogP contribution in [0.15, 0.2) is 18.2 Å².